The summed E-state index contributed by atoms with van der Waals surface area (Å²) < 4.78 is 25.9. The largest absolute Gasteiger partial charge is 0.480 e. The maximum atomic E-state index is 12.1. The number of ether oxygens (including phenoxy) is 1. The predicted molar refractivity (Wildman–Crippen MR) is 157 cm³/mol. The van der Waals surface area contributed by atoms with Crippen LogP contribution in [0.4, 0.5) is 0 Å². The minimum absolute atomic E-state index is 0.104. The van der Waals surface area contributed by atoms with Gasteiger partial charge >= 0.3 is 19.8 Å². The lowest BCUT2D eigenvalue weighted by Gasteiger charge is -2.18. The zero-order valence-corrected chi connectivity index (χ0v) is 25.5. The molecule has 11 nitrogen and oxygen atoms in total. The molecule has 0 heterocycles. The van der Waals surface area contributed by atoms with Gasteiger partial charge in [-0.15, -0.1) is 0 Å². The van der Waals surface area contributed by atoms with Crippen LogP contribution < -0.4 is 5.32 Å². The molecule has 3 atom stereocenters. The Morgan fingerprint density at radius 2 is 1.37 bits per heavy atom. The lowest BCUT2D eigenvalue weighted by molar-refractivity contribution is -0.146. The Labute approximate surface area is 244 Å². The molecule has 0 aliphatic carbocycles. The van der Waals surface area contributed by atoms with E-state index in [1.807, 2.05) is 0 Å². The molecule has 0 radical (unpaired) electrons. The van der Waals surface area contributed by atoms with Crippen LogP contribution in [0.3, 0.4) is 0 Å². The number of rotatable bonds is 26. The van der Waals surface area contributed by atoms with Gasteiger partial charge in [0.25, 0.3) is 0 Å². The third-order valence-corrected chi connectivity index (χ3v) is 6.70. The molecule has 0 fully saturated rings. The molecule has 0 bridgehead atoms. The van der Waals surface area contributed by atoms with Gasteiger partial charge in [-0.25, -0.2) is 9.36 Å². The van der Waals surface area contributed by atoms with Gasteiger partial charge in [0, 0.05) is 12.8 Å². The zero-order valence-electron chi connectivity index (χ0n) is 24.6. The minimum atomic E-state index is -4.72. The average molecular weight is 604 g/mol. The van der Waals surface area contributed by atoms with E-state index in [-0.39, 0.29) is 12.8 Å². The number of carbonyl (C=O) groups is 3. The molecule has 0 aromatic rings. The molecular formula is C29H50NO10P. The summed E-state index contributed by atoms with van der Waals surface area (Å²) in [6.07, 6.45) is 23.1. The summed E-state index contributed by atoms with van der Waals surface area (Å²) in [7, 11) is -4.72. The summed E-state index contributed by atoms with van der Waals surface area (Å²) in [6.45, 7) is 1.77. The topological polar surface area (TPSA) is 169 Å². The minimum Gasteiger partial charge on any atom is -0.480 e. The van der Waals surface area contributed by atoms with Crippen LogP contribution in [0.5, 0.6) is 0 Å². The standard InChI is InChI=1S/C29H50NO10P/c1-3-5-6-7-8-9-10-11-12-13-14-15-16-17-18-19-20-21-27(32)30-26(29(34)35)24-40-41(36,37)39-23-25(31)22-38-28(33)4-2/h5-6,8-9,11-12,25-26,31H,3-4,7,10,13-24H2,1-2H3,(H,30,32)(H,34,35)(H,36,37)/b6-5-,9-8-,12-11-. The number of carboxylic acid groups (broad SMARTS) is 1. The molecule has 3 unspecified atom stereocenters. The number of hydrogen-bond donors (Lipinski definition) is 4. The fourth-order valence-corrected chi connectivity index (χ4v) is 4.20. The Hall–Kier alpha value is -2.30. The summed E-state index contributed by atoms with van der Waals surface area (Å²) in [6, 6.07) is -1.55. The third kappa shape index (κ3) is 25.2. The van der Waals surface area contributed by atoms with Crippen molar-refractivity contribution >= 4 is 25.7 Å². The molecule has 0 aromatic carbocycles. The van der Waals surface area contributed by atoms with Gasteiger partial charge < -0.3 is 25.2 Å². The van der Waals surface area contributed by atoms with Gasteiger partial charge in [0.15, 0.2) is 6.04 Å². The molecule has 0 saturated carbocycles. The number of carbonyl (C=O) groups excluding carboxylic acids is 2. The number of aliphatic hydroxyl groups is 1. The number of allylic oxidation sites excluding steroid dienone is 6. The Balaban J connectivity index is 3.96. The van der Waals surface area contributed by atoms with Crippen molar-refractivity contribution < 1.29 is 47.8 Å². The first-order chi connectivity index (χ1) is 19.6. The quantitative estimate of drug-likeness (QED) is 0.0436. The number of nitrogens with one attached hydrogen (secondary N) is 1. The van der Waals surface area contributed by atoms with Crippen LogP contribution in [0.25, 0.3) is 0 Å². The number of aliphatic carboxylic acids is 1. The van der Waals surface area contributed by atoms with Gasteiger partial charge in [0.2, 0.25) is 5.91 Å². The van der Waals surface area contributed by atoms with Crippen LogP contribution >= 0.6 is 7.82 Å². The molecule has 236 valence electrons. The van der Waals surface area contributed by atoms with E-state index < -0.39 is 57.6 Å². The van der Waals surface area contributed by atoms with Crippen LogP contribution in [0, 0.1) is 0 Å². The van der Waals surface area contributed by atoms with Gasteiger partial charge in [-0.2, -0.15) is 0 Å². The maximum Gasteiger partial charge on any atom is 0.472 e. The number of hydrogen-bond acceptors (Lipinski definition) is 8. The van der Waals surface area contributed by atoms with E-state index in [1.165, 1.54) is 0 Å². The van der Waals surface area contributed by atoms with Crippen molar-refractivity contribution in [2.45, 2.75) is 109 Å². The Morgan fingerprint density at radius 3 is 1.98 bits per heavy atom. The van der Waals surface area contributed by atoms with Gasteiger partial charge in [-0.05, 0) is 38.5 Å². The molecule has 12 heteroatoms. The predicted octanol–water partition coefficient (Wildman–Crippen LogP) is 5.37. The number of esters is 1. The molecule has 0 spiro atoms. The third-order valence-electron chi connectivity index (χ3n) is 5.75. The van der Waals surface area contributed by atoms with E-state index in [0.29, 0.717) is 6.42 Å². The Morgan fingerprint density at radius 1 is 0.805 bits per heavy atom. The van der Waals surface area contributed by atoms with Gasteiger partial charge in [0.05, 0.1) is 13.2 Å². The molecule has 0 aliphatic rings. The van der Waals surface area contributed by atoms with E-state index in [4.69, 9.17) is 0 Å². The van der Waals surface area contributed by atoms with Crippen LogP contribution in [0.15, 0.2) is 36.5 Å². The van der Waals surface area contributed by atoms with E-state index in [0.717, 1.165) is 64.2 Å². The van der Waals surface area contributed by atoms with E-state index in [2.05, 4.69) is 62.5 Å². The van der Waals surface area contributed by atoms with E-state index in [1.54, 1.807) is 6.92 Å². The van der Waals surface area contributed by atoms with Crippen molar-refractivity contribution in [3.63, 3.8) is 0 Å². The van der Waals surface area contributed by atoms with Gasteiger partial charge in [0.1, 0.15) is 12.7 Å². The lowest BCUT2D eigenvalue weighted by atomic mass is 10.1. The lowest BCUT2D eigenvalue weighted by Crippen LogP contribution is -2.43. The highest BCUT2D eigenvalue weighted by Crippen LogP contribution is 2.43. The zero-order chi connectivity index (χ0) is 30.8. The number of carboxylic acids is 1. The smallest absolute Gasteiger partial charge is 0.472 e. The summed E-state index contributed by atoms with van der Waals surface area (Å²) in [5, 5.41) is 21.2. The highest BCUT2D eigenvalue weighted by atomic mass is 31.2. The first kappa shape index (κ1) is 38.7. The van der Waals surface area contributed by atoms with Crippen LogP contribution in [0.1, 0.15) is 97.3 Å². The van der Waals surface area contributed by atoms with Crippen molar-refractivity contribution in [2.24, 2.45) is 0 Å². The van der Waals surface area contributed by atoms with E-state index >= 15 is 0 Å². The number of phosphoric acid groups is 1. The molecular weight excluding hydrogens is 553 g/mol. The van der Waals surface area contributed by atoms with Gasteiger partial charge in [-0.1, -0.05) is 82.4 Å². The monoisotopic (exact) mass is 603 g/mol. The van der Waals surface area contributed by atoms with Gasteiger partial charge in [-0.3, -0.25) is 18.6 Å². The normalized spacial score (nSPS) is 14.8. The summed E-state index contributed by atoms with van der Waals surface area (Å²) in [4.78, 5) is 44.3. The molecule has 0 aromatic heterocycles. The van der Waals surface area contributed by atoms with Crippen LogP contribution in [0.2, 0.25) is 0 Å². The number of amides is 1. The average Bonchev–Trinajstić information content (AvgIpc) is 2.94. The Bertz CT molecular complexity index is 859. The molecule has 0 rings (SSSR count). The molecule has 0 saturated heterocycles. The molecule has 0 aliphatic heterocycles. The molecule has 1 amide bonds. The van der Waals surface area contributed by atoms with Crippen LogP contribution in [-0.4, -0.2) is 64.9 Å². The van der Waals surface area contributed by atoms with Crippen molar-refractivity contribution in [3.05, 3.63) is 36.5 Å². The number of unbranched alkanes of at least 4 members (excludes halogenated alkanes) is 7. The van der Waals surface area contributed by atoms with E-state index in [9.17, 15) is 34.1 Å². The molecule has 41 heavy (non-hydrogen) atoms. The Kier molecular flexibility index (Phi) is 24.0. The van der Waals surface area contributed by atoms with Crippen molar-refractivity contribution in [3.8, 4) is 0 Å². The SMILES string of the molecule is CC/C=C\C/C=C\C/C=C\CCCCCCCCCC(=O)NC(COP(=O)(O)OCC(O)COC(=O)CC)C(=O)O. The summed E-state index contributed by atoms with van der Waals surface area (Å²) in [5.41, 5.74) is 0. The fraction of sp³-hybridized carbons (Fsp3) is 0.690. The second kappa shape index (κ2) is 25.4. The first-order valence-electron chi connectivity index (χ1n) is 14.5. The highest BCUT2D eigenvalue weighted by molar-refractivity contribution is 7.47. The second-order valence-corrected chi connectivity index (χ2v) is 11.0. The second-order valence-electron chi connectivity index (χ2n) is 9.52. The van der Waals surface area contributed by atoms with Crippen molar-refractivity contribution in [2.75, 3.05) is 19.8 Å². The highest BCUT2D eigenvalue weighted by Gasteiger charge is 2.28. The summed E-state index contributed by atoms with van der Waals surface area (Å²) in [5.74, 6) is -2.49. The number of aliphatic hydroxyl groups excluding tert-OH is 1. The fourth-order valence-electron chi connectivity index (χ4n) is 3.42. The first-order valence-corrected chi connectivity index (χ1v) is 16.0. The number of phosphoric ester groups is 1. The van der Waals surface area contributed by atoms with Crippen molar-refractivity contribution in [1.82, 2.24) is 5.32 Å². The molecule has 4 N–H and O–H groups in total. The van der Waals surface area contributed by atoms with Crippen LogP contribution in [-0.2, 0) is 32.7 Å². The maximum absolute atomic E-state index is 12.1. The summed E-state index contributed by atoms with van der Waals surface area (Å²) >= 11 is 0. The van der Waals surface area contributed by atoms with Crippen molar-refractivity contribution in [1.29, 1.82) is 0 Å².